The summed E-state index contributed by atoms with van der Waals surface area (Å²) in [7, 11) is 0. The van der Waals surface area contributed by atoms with Gasteiger partial charge in [0.2, 0.25) is 0 Å². The van der Waals surface area contributed by atoms with Gasteiger partial charge in [0, 0.05) is 13.1 Å². The average Bonchev–Trinajstić information content (AvgIpc) is 2.69. The van der Waals surface area contributed by atoms with E-state index in [1.807, 2.05) is 6.07 Å². The van der Waals surface area contributed by atoms with Gasteiger partial charge >= 0.3 is 6.09 Å². The van der Waals surface area contributed by atoms with E-state index in [1.165, 1.54) is 0 Å². The monoisotopic (exact) mass is 262 g/mol. The highest BCUT2D eigenvalue weighted by molar-refractivity contribution is 5.71. The second-order valence-electron chi connectivity index (χ2n) is 5.32. The summed E-state index contributed by atoms with van der Waals surface area (Å²) in [6.45, 7) is 2.71. The van der Waals surface area contributed by atoms with Crippen LogP contribution in [-0.2, 0) is 11.3 Å². The van der Waals surface area contributed by atoms with E-state index >= 15 is 0 Å². The highest BCUT2D eigenvalue weighted by atomic mass is 16.6. The van der Waals surface area contributed by atoms with Crippen molar-refractivity contribution in [2.75, 3.05) is 19.7 Å². The van der Waals surface area contributed by atoms with Crippen LogP contribution >= 0.6 is 0 Å². The number of amides is 1. The molecule has 1 amide bonds. The molecular weight excluding hydrogens is 244 g/mol. The van der Waals surface area contributed by atoms with Gasteiger partial charge in [-0.2, -0.15) is 0 Å². The lowest BCUT2D eigenvalue weighted by Gasteiger charge is -2.38. The van der Waals surface area contributed by atoms with Crippen molar-refractivity contribution < 1.29 is 14.6 Å². The van der Waals surface area contributed by atoms with Crippen LogP contribution in [0.3, 0.4) is 0 Å². The maximum atomic E-state index is 12.0. The molecule has 102 valence electrons. The van der Waals surface area contributed by atoms with E-state index in [0.29, 0.717) is 13.2 Å². The quantitative estimate of drug-likeness (QED) is 0.847. The summed E-state index contributed by atoms with van der Waals surface area (Å²) < 4.78 is 5.25. The van der Waals surface area contributed by atoms with Crippen LogP contribution in [0.2, 0.25) is 0 Å². The summed E-state index contributed by atoms with van der Waals surface area (Å²) in [5.74, 6) is 0.223. The van der Waals surface area contributed by atoms with Gasteiger partial charge in [-0.3, -0.25) is 4.90 Å². The number of carbonyl (C=O) groups is 1. The SMILES string of the molecule is O=C1OCC2(CCCNC2)N1Cc1cccc(O)c1. The Hall–Kier alpha value is -1.75. The predicted octanol–water partition coefficient (Wildman–Crippen LogP) is 1.47. The smallest absolute Gasteiger partial charge is 0.410 e. The van der Waals surface area contributed by atoms with Crippen molar-refractivity contribution in [3.8, 4) is 5.75 Å². The molecule has 5 heteroatoms. The second kappa shape index (κ2) is 4.74. The lowest BCUT2D eigenvalue weighted by atomic mass is 9.89. The number of benzene rings is 1. The molecule has 0 radical (unpaired) electrons. The minimum Gasteiger partial charge on any atom is -0.508 e. The molecule has 2 aliphatic rings. The fourth-order valence-corrected chi connectivity index (χ4v) is 2.92. The summed E-state index contributed by atoms with van der Waals surface area (Å²) >= 11 is 0. The lowest BCUT2D eigenvalue weighted by Crippen LogP contribution is -2.56. The van der Waals surface area contributed by atoms with Crippen LogP contribution in [0.4, 0.5) is 4.79 Å². The first-order valence-electron chi connectivity index (χ1n) is 6.63. The highest BCUT2D eigenvalue weighted by Gasteiger charge is 2.47. The molecule has 0 aliphatic carbocycles. The van der Waals surface area contributed by atoms with E-state index in [4.69, 9.17) is 4.74 Å². The Morgan fingerprint density at radius 2 is 2.37 bits per heavy atom. The van der Waals surface area contributed by atoms with Gasteiger partial charge in [-0.1, -0.05) is 12.1 Å². The van der Waals surface area contributed by atoms with Crippen molar-refractivity contribution in [3.05, 3.63) is 29.8 Å². The number of hydrogen-bond acceptors (Lipinski definition) is 4. The molecule has 1 aromatic rings. The summed E-state index contributed by atoms with van der Waals surface area (Å²) in [5.41, 5.74) is 0.699. The normalized spacial score (nSPS) is 26.7. The Kier molecular flexibility index (Phi) is 3.06. The highest BCUT2D eigenvalue weighted by Crippen LogP contribution is 2.32. The molecule has 3 rings (SSSR count). The number of cyclic esters (lactones) is 1. The van der Waals surface area contributed by atoms with Crippen molar-refractivity contribution in [2.24, 2.45) is 0 Å². The van der Waals surface area contributed by atoms with E-state index in [2.05, 4.69) is 5.32 Å². The van der Waals surface area contributed by atoms with Gasteiger partial charge in [-0.15, -0.1) is 0 Å². The molecule has 2 N–H and O–H groups in total. The zero-order chi connectivity index (χ0) is 13.3. The van der Waals surface area contributed by atoms with Crippen LogP contribution in [0, 0.1) is 0 Å². The minimum atomic E-state index is -0.257. The molecule has 1 spiro atoms. The predicted molar refractivity (Wildman–Crippen MR) is 69.8 cm³/mol. The van der Waals surface area contributed by atoms with Crippen LogP contribution in [0.1, 0.15) is 18.4 Å². The topological polar surface area (TPSA) is 61.8 Å². The van der Waals surface area contributed by atoms with Crippen LogP contribution in [0.5, 0.6) is 5.75 Å². The molecular formula is C14H18N2O3. The fraction of sp³-hybridized carbons (Fsp3) is 0.500. The number of carbonyl (C=O) groups excluding carboxylic acids is 1. The van der Waals surface area contributed by atoms with Crippen molar-refractivity contribution in [3.63, 3.8) is 0 Å². The number of ether oxygens (including phenoxy) is 1. The van der Waals surface area contributed by atoms with E-state index < -0.39 is 0 Å². The van der Waals surface area contributed by atoms with Gasteiger partial charge in [0.05, 0.1) is 5.54 Å². The molecule has 1 unspecified atom stereocenters. The second-order valence-corrected chi connectivity index (χ2v) is 5.32. The van der Waals surface area contributed by atoms with Crippen molar-refractivity contribution in [1.29, 1.82) is 0 Å². The van der Waals surface area contributed by atoms with Gasteiger partial charge < -0.3 is 15.2 Å². The molecule has 0 aromatic heterocycles. The Balaban J connectivity index is 1.82. The Morgan fingerprint density at radius 1 is 1.47 bits per heavy atom. The number of rotatable bonds is 2. The minimum absolute atomic E-state index is 0.221. The number of piperidine rings is 1. The van der Waals surface area contributed by atoms with Gasteiger partial charge in [0.15, 0.2) is 0 Å². The van der Waals surface area contributed by atoms with Crippen molar-refractivity contribution >= 4 is 6.09 Å². The third-order valence-corrected chi connectivity index (χ3v) is 3.96. The molecule has 2 fully saturated rings. The number of hydrogen-bond donors (Lipinski definition) is 2. The number of aromatic hydroxyl groups is 1. The third kappa shape index (κ3) is 2.26. The molecule has 1 aromatic carbocycles. The third-order valence-electron chi connectivity index (χ3n) is 3.96. The zero-order valence-corrected chi connectivity index (χ0v) is 10.8. The van der Waals surface area contributed by atoms with Crippen LogP contribution in [0.15, 0.2) is 24.3 Å². The fourth-order valence-electron chi connectivity index (χ4n) is 2.92. The molecule has 19 heavy (non-hydrogen) atoms. The first kappa shape index (κ1) is 12.3. The number of nitrogens with one attached hydrogen (secondary N) is 1. The number of nitrogens with zero attached hydrogens (tertiary/aromatic N) is 1. The lowest BCUT2D eigenvalue weighted by molar-refractivity contribution is 0.124. The maximum absolute atomic E-state index is 12.0. The standard InChI is InChI=1S/C14H18N2O3/c17-12-4-1-3-11(7-12)8-16-13(18)19-10-14(16)5-2-6-15-9-14/h1,3-4,7,15,17H,2,5-6,8-10H2. The Bertz CT molecular complexity index is 483. The molecule has 1 atom stereocenters. The van der Waals surface area contributed by atoms with Crippen LogP contribution < -0.4 is 5.32 Å². The molecule has 2 saturated heterocycles. The van der Waals surface area contributed by atoms with Gasteiger partial charge in [0.1, 0.15) is 12.4 Å². The van der Waals surface area contributed by atoms with Crippen LogP contribution in [-0.4, -0.2) is 41.3 Å². The molecule has 2 heterocycles. The van der Waals surface area contributed by atoms with E-state index in [9.17, 15) is 9.90 Å². The van der Waals surface area contributed by atoms with Gasteiger partial charge in [0.25, 0.3) is 0 Å². The van der Waals surface area contributed by atoms with Gasteiger partial charge in [-0.05, 0) is 37.1 Å². The van der Waals surface area contributed by atoms with Crippen LogP contribution in [0.25, 0.3) is 0 Å². The summed E-state index contributed by atoms with van der Waals surface area (Å²) in [4.78, 5) is 13.7. The first-order chi connectivity index (χ1) is 9.20. The van der Waals surface area contributed by atoms with Crippen molar-refractivity contribution in [2.45, 2.75) is 24.9 Å². The molecule has 0 bridgehead atoms. The Labute approximate surface area is 112 Å². The zero-order valence-electron chi connectivity index (χ0n) is 10.8. The largest absolute Gasteiger partial charge is 0.508 e. The van der Waals surface area contributed by atoms with E-state index in [-0.39, 0.29) is 17.4 Å². The molecule has 5 nitrogen and oxygen atoms in total. The molecule has 0 saturated carbocycles. The van der Waals surface area contributed by atoms with Gasteiger partial charge in [-0.25, -0.2) is 4.79 Å². The van der Waals surface area contributed by atoms with E-state index in [1.54, 1.807) is 23.1 Å². The summed E-state index contributed by atoms with van der Waals surface area (Å²) in [6.07, 6.45) is 1.75. The summed E-state index contributed by atoms with van der Waals surface area (Å²) in [5, 5.41) is 12.8. The maximum Gasteiger partial charge on any atom is 0.410 e. The first-order valence-corrected chi connectivity index (χ1v) is 6.63. The average molecular weight is 262 g/mol. The summed E-state index contributed by atoms with van der Waals surface area (Å²) in [6, 6.07) is 7.02. The number of phenolic OH excluding ortho intramolecular Hbond substituents is 1. The van der Waals surface area contributed by atoms with E-state index in [0.717, 1.165) is 31.5 Å². The number of phenols is 1. The molecule has 2 aliphatic heterocycles. The Morgan fingerprint density at radius 3 is 3.11 bits per heavy atom. The van der Waals surface area contributed by atoms with Crippen molar-refractivity contribution in [1.82, 2.24) is 10.2 Å².